The van der Waals surface area contributed by atoms with Crippen LogP contribution in [0.3, 0.4) is 0 Å². The molecule has 2 fully saturated rings. The van der Waals surface area contributed by atoms with E-state index in [2.05, 4.69) is 25.8 Å². The summed E-state index contributed by atoms with van der Waals surface area (Å²) in [4.78, 5) is 38.7. The smallest absolute Gasteiger partial charge is 0.251 e. The molecular formula is C27H37N7O2. The van der Waals surface area contributed by atoms with E-state index in [-0.39, 0.29) is 11.8 Å². The van der Waals surface area contributed by atoms with Gasteiger partial charge in [0, 0.05) is 49.9 Å². The number of hydrogen-bond donors (Lipinski definition) is 3. The van der Waals surface area contributed by atoms with Crippen molar-refractivity contribution in [2.75, 3.05) is 41.8 Å². The lowest BCUT2D eigenvalue weighted by atomic mass is 10.0. The van der Waals surface area contributed by atoms with Crippen molar-refractivity contribution in [3.8, 4) is 0 Å². The molecule has 2 amide bonds. The molecule has 9 nitrogen and oxygen atoms in total. The van der Waals surface area contributed by atoms with Crippen LogP contribution in [0.4, 0.5) is 23.1 Å². The van der Waals surface area contributed by atoms with Gasteiger partial charge in [0.1, 0.15) is 5.69 Å². The van der Waals surface area contributed by atoms with E-state index in [1.165, 1.54) is 25.7 Å². The Kier molecular flexibility index (Phi) is 7.36. The first-order chi connectivity index (χ1) is 17.5. The van der Waals surface area contributed by atoms with Gasteiger partial charge in [-0.05, 0) is 62.9 Å². The molecule has 9 heteroatoms. The van der Waals surface area contributed by atoms with Crippen LogP contribution in [0.1, 0.15) is 67.3 Å². The van der Waals surface area contributed by atoms with Crippen LogP contribution in [0.25, 0.3) is 0 Å². The third-order valence-corrected chi connectivity index (χ3v) is 7.75. The normalized spacial score (nSPS) is 20.7. The third kappa shape index (κ3) is 5.31. The SMILES string of the molecule is Cc1cc(C(=O)NCC2CCCCN2)ccc1Nc1ncc2c(n1)N(C1CCCC1)CCC(=O)N2C. The Labute approximate surface area is 213 Å². The summed E-state index contributed by atoms with van der Waals surface area (Å²) in [6.07, 6.45) is 10.4. The fourth-order valence-corrected chi connectivity index (χ4v) is 5.55. The molecule has 1 unspecified atom stereocenters. The Morgan fingerprint density at radius 2 is 1.97 bits per heavy atom. The molecule has 0 spiro atoms. The van der Waals surface area contributed by atoms with Crippen molar-refractivity contribution in [1.29, 1.82) is 0 Å². The van der Waals surface area contributed by atoms with Crippen LogP contribution in [0, 0.1) is 6.92 Å². The molecule has 3 heterocycles. The standard InChI is InChI=1S/C27H37N7O2/c1-18-15-19(26(36)29-16-20-7-5-6-13-28-20)10-11-22(18)31-27-30-17-23-25(32-27)34(21-8-3-4-9-21)14-12-24(35)33(23)2/h10-11,15,17,20-21,28H,3-9,12-14,16H2,1-2H3,(H,29,36)(H,30,31,32). The second-order valence-corrected chi connectivity index (χ2v) is 10.2. The van der Waals surface area contributed by atoms with E-state index in [1.807, 2.05) is 25.1 Å². The molecule has 36 heavy (non-hydrogen) atoms. The number of rotatable bonds is 6. The van der Waals surface area contributed by atoms with E-state index in [1.54, 1.807) is 18.1 Å². The maximum absolute atomic E-state index is 12.7. The number of carbonyl (C=O) groups is 2. The van der Waals surface area contributed by atoms with Gasteiger partial charge >= 0.3 is 0 Å². The highest BCUT2D eigenvalue weighted by molar-refractivity contribution is 5.97. The molecule has 192 valence electrons. The van der Waals surface area contributed by atoms with E-state index in [4.69, 9.17) is 4.98 Å². The molecule has 0 radical (unpaired) electrons. The average Bonchev–Trinajstić information content (AvgIpc) is 3.40. The van der Waals surface area contributed by atoms with E-state index >= 15 is 0 Å². The highest BCUT2D eigenvalue weighted by atomic mass is 16.2. The summed E-state index contributed by atoms with van der Waals surface area (Å²) in [5.74, 6) is 1.34. The molecule has 1 saturated carbocycles. The van der Waals surface area contributed by atoms with E-state index < -0.39 is 0 Å². The summed E-state index contributed by atoms with van der Waals surface area (Å²) in [6, 6.07) is 6.40. The summed E-state index contributed by atoms with van der Waals surface area (Å²) in [6.45, 7) is 4.32. The molecule has 1 aromatic carbocycles. The Morgan fingerprint density at radius 1 is 1.17 bits per heavy atom. The van der Waals surface area contributed by atoms with Crippen molar-refractivity contribution >= 4 is 35.0 Å². The predicted octanol–water partition coefficient (Wildman–Crippen LogP) is 3.52. The van der Waals surface area contributed by atoms with Crippen LogP contribution in [-0.2, 0) is 4.79 Å². The van der Waals surface area contributed by atoms with Gasteiger partial charge in [0.2, 0.25) is 11.9 Å². The second-order valence-electron chi connectivity index (χ2n) is 10.2. The van der Waals surface area contributed by atoms with Gasteiger partial charge in [0.05, 0.1) is 6.20 Å². The zero-order valence-electron chi connectivity index (χ0n) is 21.3. The third-order valence-electron chi connectivity index (χ3n) is 7.75. The van der Waals surface area contributed by atoms with Crippen molar-refractivity contribution in [3.63, 3.8) is 0 Å². The molecule has 1 aromatic heterocycles. The van der Waals surface area contributed by atoms with Gasteiger partial charge < -0.3 is 25.8 Å². The van der Waals surface area contributed by atoms with Gasteiger partial charge in [-0.2, -0.15) is 4.98 Å². The van der Waals surface area contributed by atoms with Crippen molar-refractivity contribution in [2.45, 2.75) is 70.4 Å². The zero-order chi connectivity index (χ0) is 25.1. The highest BCUT2D eigenvalue weighted by Gasteiger charge is 2.31. The number of aryl methyl sites for hydroxylation is 1. The monoisotopic (exact) mass is 491 g/mol. The lowest BCUT2D eigenvalue weighted by Gasteiger charge is -2.30. The first-order valence-electron chi connectivity index (χ1n) is 13.3. The Balaban J connectivity index is 1.31. The Morgan fingerprint density at radius 3 is 2.72 bits per heavy atom. The lowest BCUT2D eigenvalue weighted by molar-refractivity contribution is -0.118. The first kappa shape index (κ1) is 24.5. The number of carbonyl (C=O) groups excluding carboxylic acids is 2. The summed E-state index contributed by atoms with van der Waals surface area (Å²) >= 11 is 0. The van der Waals surface area contributed by atoms with Crippen LogP contribution >= 0.6 is 0 Å². The van der Waals surface area contributed by atoms with Gasteiger partial charge in [0.25, 0.3) is 5.91 Å². The quantitative estimate of drug-likeness (QED) is 0.568. The number of benzene rings is 1. The molecular weight excluding hydrogens is 454 g/mol. The number of piperidine rings is 1. The molecule has 0 bridgehead atoms. The highest BCUT2D eigenvalue weighted by Crippen LogP contribution is 2.36. The van der Waals surface area contributed by atoms with Crippen LogP contribution in [0.2, 0.25) is 0 Å². The van der Waals surface area contributed by atoms with Crippen molar-refractivity contribution in [1.82, 2.24) is 20.6 Å². The summed E-state index contributed by atoms with van der Waals surface area (Å²) < 4.78 is 0. The molecule has 3 aliphatic rings. The van der Waals surface area contributed by atoms with Gasteiger partial charge in [-0.3, -0.25) is 9.59 Å². The van der Waals surface area contributed by atoms with E-state index in [0.29, 0.717) is 43.1 Å². The molecule has 1 atom stereocenters. The molecule has 3 N–H and O–H groups in total. The molecule has 5 rings (SSSR count). The Bertz CT molecular complexity index is 1110. The molecule has 2 aromatic rings. The fourth-order valence-electron chi connectivity index (χ4n) is 5.55. The molecule has 1 aliphatic carbocycles. The number of amides is 2. The predicted molar refractivity (Wildman–Crippen MR) is 142 cm³/mol. The summed E-state index contributed by atoms with van der Waals surface area (Å²) in [5, 5.41) is 9.86. The topological polar surface area (TPSA) is 102 Å². The van der Waals surface area contributed by atoms with E-state index in [0.717, 1.165) is 48.6 Å². The minimum atomic E-state index is -0.0572. The number of nitrogens with zero attached hydrogens (tertiary/aromatic N) is 4. The number of fused-ring (bicyclic) bond motifs is 1. The van der Waals surface area contributed by atoms with Gasteiger partial charge in [-0.15, -0.1) is 0 Å². The number of hydrogen-bond acceptors (Lipinski definition) is 7. The summed E-state index contributed by atoms with van der Waals surface area (Å²) in [5.41, 5.74) is 3.19. The minimum absolute atomic E-state index is 0.0572. The number of anilines is 4. The number of aromatic nitrogens is 2. The summed E-state index contributed by atoms with van der Waals surface area (Å²) in [7, 11) is 1.80. The van der Waals surface area contributed by atoms with Crippen LogP contribution < -0.4 is 25.8 Å². The zero-order valence-corrected chi connectivity index (χ0v) is 21.3. The first-order valence-corrected chi connectivity index (χ1v) is 13.3. The maximum atomic E-state index is 12.7. The van der Waals surface area contributed by atoms with Crippen molar-refractivity contribution < 1.29 is 9.59 Å². The minimum Gasteiger partial charge on any atom is -0.351 e. The molecule has 2 aliphatic heterocycles. The van der Waals surface area contributed by atoms with Crippen LogP contribution in [-0.4, -0.2) is 60.5 Å². The van der Waals surface area contributed by atoms with Gasteiger partial charge in [-0.25, -0.2) is 4.98 Å². The largest absolute Gasteiger partial charge is 0.351 e. The second kappa shape index (κ2) is 10.8. The van der Waals surface area contributed by atoms with Crippen LogP contribution in [0.5, 0.6) is 0 Å². The van der Waals surface area contributed by atoms with Crippen LogP contribution in [0.15, 0.2) is 24.4 Å². The van der Waals surface area contributed by atoms with Gasteiger partial charge in [0.15, 0.2) is 5.82 Å². The molecule has 1 saturated heterocycles. The number of nitrogens with one attached hydrogen (secondary N) is 3. The van der Waals surface area contributed by atoms with Crippen molar-refractivity contribution in [2.24, 2.45) is 0 Å². The maximum Gasteiger partial charge on any atom is 0.251 e. The lowest BCUT2D eigenvalue weighted by Crippen LogP contribution is -2.43. The van der Waals surface area contributed by atoms with E-state index in [9.17, 15) is 9.59 Å². The van der Waals surface area contributed by atoms with Gasteiger partial charge in [-0.1, -0.05) is 19.3 Å². The fraction of sp³-hybridized carbons (Fsp3) is 0.556. The van der Waals surface area contributed by atoms with Crippen molar-refractivity contribution in [3.05, 3.63) is 35.5 Å². The Hall–Kier alpha value is -3.20. The average molecular weight is 492 g/mol.